The van der Waals surface area contributed by atoms with E-state index >= 15 is 0 Å². The lowest BCUT2D eigenvalue weighted by atomic mass is 9.82. The van der Waals surface area contributed by atoms with Crippen molar-refractivity contribution in [3.05, 3.63) is 35.9 Å². The fourth-order valence-electron chi connectivity index (χ4n) is 2.41. The Kier molecular flexibility index (Phi) is 4.12. The molecule has 0 unspecified atom stereocenters. The van der Waals surface area contributed by atoms with Gasteiger partial charge in [-0.15, -0.1) is 0 Å². The van der Waals surface area contributed by atoms with Crippen molar-refractivity contribution in [3.8, 4) is 0 Å². The van der Waals surface area contributed by atoms with Crippen LogP contribution in [0.5, 0.6) is 0 Å². The largest absolute Gasteiger partial charge is 0.468 e. The normalized spacial score (nSPS) is 23.6. The number of ether oxygens (including phenoxy) is 1. The van der Waals surface area contributed by atoms with E-state index in [0.717, 1.165) is 12.0 Å². The number of carbonyl (C=O) groups is 2. The van der Waals surface area contributed by atoms with Crippen LogP contribution in [0.3, 0.4) is 0 Å². The van der Waals surface area contributed by atoms with Gasteiger partial charge < -0.3 is 10.1 Å². The van der Waals surface area contributed by atoms with Crippen LogP contribution in [-0.2, 0) is 19.7 Å². The second-order valence-electron chi connectivity index (χ2n) is 5.73. The third-order valence-electron chi connectivity index (χ3n) is 4.11. The Balaban J connectivity index is 2.11. The Hall–Kier alpha value is -1.84. The minimum Gasteiger partial charge on any atom is -0.468 e. The van der Waals surface area contributed by atoms with Crippen LogP contribution in [0.1, 0.15) is 25.8 Å². The number of methoxy groups -OCH3 is 1. The minimum atomic E-state index is -0.857. The quantitative estimate of drug-likeness (QED) is 0.835. The van der Waals surface area contributed by atoms with Crippen LogP contribution in [0.15, 0.2) is 30.3 Å². The molecule has 4 nitrogen and oxygen atoms in total. The highest BCUT2D eigenvalue weighted by Gasteiger charge is 2.41. The molecule has 1 N–H and O–H groups in total. The third-order valence-corrected chi connectivity index (χ3v) is 4.11. The second-order valence-corrected chi connectivity index (χ2v) is 5.73. The number of benzene rings is 1. The number of nitrogens with one attached hydrogen (secondary N) is 1. The Morgan fingerprint density at radius 2 is 1.95 bits per heavy atom. The first-order valence-electron chi connectivity index (χ1n) is 6.90. The Bertz CT molecular complexity index is 500. The van der Waals surface area contributed by atoms with Gasteiger partial charge in [0, 0.05) is 12.5 Å². The van der Waals surface area contributed by atoms with Crippen molar-refractivity contribution in [2.75, 3.05) is 13.7 Å². The van der Waals surface area contributed by atoms with Gasteiger partial charge in [0.25, 0.3) is 0 Å². The zero-order valence-corrected chi connectivity index (χ0v) is 12.2. The van der Waals surface area contributed by atoms with Crippen molar-refractivity contribution in [1.29, 1.82) is 0 Å². The highest BCUT2D eigenvalue weighted by atomic mass is 16.5. The minimum absolute atomic E-state index is 0.0311. The molecule has 1 amide bonds. The first-order chi connectivity index (χ1) is 9.49. The van der Waals surface area contributed by atoms with Crippen LogP contribution in [-0.4, -0.2) is 25.5 Å². The van der Waals surface area contributed by atoms with Gasteiger partial charge in [-0.3, -0.25) is 9.59 Å². The summed E-state index contributed by atoms with van der Waals surface area (Å²) >= 11 is 0. The maximum absolute atomic E-state index is 12.1. The van der Waals surface area contributed by atoms with Gasteiger partial charge in [-0.2, -0.15) is 0 Å². The Labute approximate surface area is 119 Å². The van der Waals surface area contributed by atoms with Gasteiger partial charge in [0.2, 0.25) is 5.91 Å². The summed E-state index contributed by atoms with van der Waals surface area (Å²) in [5.74, 6) is 0.250. The van der Waals surface area contributed by atoms with E-state index in [1.165, 1.54) is 7.11 Å². The summed E-state index contributed by atoms with van der Waals surface area (Å²) in [6, 6.07) is 9.40. The average molecular weight is 275 g/mol. The summed E-state index contributed by atoms with van der Waals surface area (Å²) in [6.07, 6.45) is 0.937. The summed E-state index contributed by atoms with van der Waals surface area (Å²) in [5.41, 5.74) is -0.0138. The van der Waals surface area contributed by atoms with Crippen molar-refractivity contribution in [1.82, 2.24) is 5.32 Å². The first kappa shape index (κ1) is 14.6. The Morgan fingerprint density at radius 3 is 2.45 bits per heavy atom. The predicted octanol–water partition coefficient (Wildman–Crippen LogP) is 1.89. The molecule has 1 aliphatic carbocycles. The molecule has 0 spiro atoms. The SMILES string of the molecule is COC(=O)[C@](C)(CNC(=O)[C@H]1C[C@H]1C)c1ccccc1. The van der Waals surface area contributed by atoms with Gasteiger partial charge in [-0.05, 0) is 24.8 Å². The van der Waals surface area contributed by atoms with Gasteiger partial charge in [0.05, 0.1) is 7.11 Å². The molecule has 1 fully saturated rings. The van der Waals surface area contributed by atoms with Gasteiger partial charge in [-0.25, -0.2) is 0 Å². The number of hydrogen-bond acceptors (Lipinski definition) is 3. The average Bonchev–Trinajstić information content (AvgIpc) is 3.21. The number of amides is 1. The number of rotatable bonds is 5. The van der Waals surface area contributed by atoms with E-state index in [-0.39, 0.29) is 24.3 Å². The van der Waals surface area contributed by atoms with Crippen LogP contribution < -0.4 is 5.32 Å². The fraction of sp³-hybridized carbons (Fsp3) is 0.500. The van der Waals surface area contributed by atoms with Crippen molar-refractivity contribution in [2.24, 2.45) is 11.8 Å². The number of esters is 1. The molecular formula is C16H21NO3. The number of hydrogen-bond donors (Lipinski definition) is 1. The van der Waals surface area contributed by atoms with Crippen molar-refractivity contribution in [2.45, 2.75) is 25.7 Å². The molecule has 0 radical (unpaired) electrons. The third kappa shape index (κ3) is 2.84. The molecule has 0 bridgehead atoms. The molecule has 20 heavy (non-hydrogen) atoms. The van der Waals surface area contributed by atoms with Gasteiger partial charge >= 0.3 is 5.97 Å². The maximum Gasteiger partial charge on any atom is 0.317 e. The van der Waals surface area contributed by atoms with Crippen LogP contribution in [0.25, 0.3) is 0 Å². The van der Waals surface area contributed by atoms with Crippen LogP contribution in [0, 0.1) is 11.8 Å². The molecule has 1 saturated carbocycles. The molecule has 0 aromatic heterocycles. The molecule has 108 valence electrons. The van der Waals surface area contributed by atoms with Gasteiger partial charge in [-0.1, -0.05) is 37.3 Å². The lowest BCUT2D eigenvalue weighted by Gasteiger charge is -2.27. The first-order valence-corrected chi connectivity index (χ1v) is 6.90. The zero-order chi connectivity index (χ0) is 14.8. The molecule has 0 saturated heterocycles. The highest BCUT2D eigenvalue weighted by Crippen LogP contribution is 2.37. The molecule has 1 aliphatic rings. The Morgan fingerprint density at radius 1 is 1.35 bits per heavy atom. The van der Waals surface area contributed by atoms with E-state index < -0.39 is 5.41 Å². The predicted molar refractivity (Wildman–Crippen MR) is 76.1 cm³/mol. The highest BCUT2D eigenvalue weighted by molar-refractivity contribution is 5.86. The number of carbonyl (C=O) groups excluding carboxylic acids is 2. The van der Waals surface area contributed by atoms with E-state index in [2.05, 4.69) is 12.2 Å². The molecule has 4 heteroatoms. The van der Waals surface area contributed by atoms with E-state index in [1.54, 1.807) is 6.92 Å². The molecule has 3 atom stereocenters. The second kappa shape index (κ2) is 5.65. The lowest BCUT2D eigenvalue weighted by molar-refractivity contribution is -0.146. The standard InChI is InChI=1S/C16H21NO3/c1-11-9-13(11)14(18)17-10-16(2,15(19)20-3)12-7-5-4-6-8-12/h4-8,11,13H,9-10H2,1-3H3,(H,17,18)/t11-,13+,16-/m1/s1. The van der Waals surface area contributed by atoms with Gasteiger partial charge in [0.1, 0.15) is 5.41 Å². The van der Waals surface area contributed by atoms with Crippen molar-refractivity contribution >= 4 is 11.9 Å². The van der Waals surface area contributed by atoms with E-state index in [0.29, 0.717) is 5.92 Å². The summed E-state index contributed by atoms with van der Waals surface area (Å²) in [6.45, 7) is 4.11. The van der Waals surface area contributed by atoms with Crippen LogP contribution in [0.2, 0.25) is 0 Å². The molecule has 0 aliphatic heterocycles. The smallest absolute Gasteiger partial charge is 0.317 e. The zero-order valence-electron chi connectivity index (χ0n) is 12.2. The topological polar surface area (TPSA) is 55.4 Å². The van der Waals surface area contributed by atoms with Crippen LogP contribution in [0.4, 0.5) is 0 Å². The van der Waals surface area contributed by atoms with Crippen LogP contribution >= 0.6 is 0 Å². The molecule has 1 aromatic carbocycles. The van der Waals surface area contributed by atoms with E-state index in [1.807, 2.05) is 30.3 Å². The molecule has 2 rings (SSSR count). The monoisotopic (exact) mass is 275 g/mol. The summed E-state index contributed by atoms with van der Waals surface area (Å²) < 4.78 is 4.91. The lowest BCUT2D eigenvalue weighted by Crippen LogP contribution is -2.45. The maximum atomic E-state index is 12.1. The van der Waals surface area contributed by atoms with E-state index in [4.69, 9.17) is 4.74 Å². The molecular weight excluding hydrogens is 254 g/mol. The van der Waals surface area contributed by atoms with E-state index in [9.17, 15) is 9.59 Å². The van der Waals surface area contributed by atoms with Crippen molar-refractivity contribution < 1.29 is 14.3 Å². The van der Waals surface area contributed by atoms with Gasteiger partial charge in [0.15, 0.2) is 0 Å². The molecule has 1 aromatic rings. The fourth-order valence-corrected chi connectivity index (χ4v) is 2.41. The summed E-state index contributed by atoms with van der Waals surface area (Å²) in [5, 5.41) is 2.89. The van der Waals surface area contributed by atoms with Crippen molar-refractivity contribution in [3.63, 3.8) is 0 Å². The summed E-state index contributed by atoms with van der Waals surface area (Å²) in [4.78, 5) is 24.1. The molecule has 0 heterocycles. The summed E-state index contributed by atoms with van der Waals surface area (Å²) in [7, 11) is 1.37.